The number of thiocarbonyl (C=S) groups is 1. The maximum atomic E-state index is 11.7. The molecule has 6 nitrogen and oxygen atoms in total. The third kappa shape index (κ3) is 5.83. The highest BCUT2D eigenvalue weighted by Gasteiger charge is 2.10. The van der Waals surface area contributed by atoms with Crippen molar-refractivity contribution in [1.29, 1.82) is 5.26 Å². The van der Waals surface area contributed by atoms with E-state index in [0.717, 1.165) is 16.8 Å². The van der Waals surface area contributed by atoms with Gasteiger partial charge in [-0.15, -0.1) is 0 Å². The van der Waals surface area contributed by atoms with E-state index < -0.39 is 5.97 Å². The number of nitrogens with zero attached hydrogens (tertiary/aromatic N) is 1. The van der Waals surface area contributed by atoms with Crippen LogP contribution in [-0.2, 0) is 9.53 Å². The predicted octanol–water partition coefficient (Wildman–Crippen LogP) is 4.49. The number of ether oxygens (including phenoxy) is 1. The maximum Gasteiger partial charge on any atom is 0.350 e. The first-order valence-corrected chi connectivity index (χ1v) is 9.13. The number of hydrogen-bond donors (Lipinski definition) is 3. The van der Waals surface area contributed by atoms with Crippen LogP contribution in [0.5, 0.6) is 0 Å². The Bertz CT molecular complexity index is 948. The van der Waals surface area contributed by atoms with E-state index >= 15 is 0 Å². The Hall–Kier alpha value is -3.37. The van der Waals surface area contributed by atoms with Crippen molar-refractivity contribution in [2.75, 3.05) is 22.6 Å². The van der Waals surface area contributed by atoms with E-state index in [1.54, 1.807) is 13.0 Å². The molecule has 0 atom stereocenters. The van der Waals surface area contributed by atoms with Gasteiger partial charge in [-0.2, -0.15) is 5.26 Å². The van der Waals surface area contributed by atoms with Crippen molar-refractivity contribution in [3.8, 4) is 6.07 Å². The van der Waals surface area contributed by atoms with E-state index in [9.17, 15) is 4.79 Å². The minimum atomic E-state index is -0.671. The van der Waals surface area contributed by atoms with Gasteiger partial charge in [0.05, 0.1) is 18.0 Å². The monoisotopic (exact) mass is 394 g/mol. The quantitative estimate of drug-likeness (QED) is 0.288. The molecule has 0 aliphatic heterocycles. The number of nitriles is 1. The molecule has 0 amide bonds. The molecule has 0 saturated heterocycles. The molecule has 0 aliphatic carbocycles. The molecule has 3 N–H and O–H groups in total. The summed E-state index contributed by atoms with van der Waals surface area (Å²) in [4.78, 5) is 11.7. The van der Waals surface area contributed by atoms with E-state index in [0.29, 0.717) is 16.5 Å². The SMILES string of the molecule is CCOC(=O)/C(C#N)=C\Nc1ccccc1NC(=S)Nc1cc(C)ccc1C. The first-order chi connectivity index (χ1) is 13.4. The second-order valence-corrected chi connectivity index (χ2v) is 6.39. The highest BCUT2D eigenvalue weighted by Crippen LogP contribution is 2.22. The Labute approximate surface area is 170 Å². The standard InChI is InChI=1S/C21H22N4O2S/c1-4-27-20(26)16(12-22)13-23-17-7-5-6-8-18(17)24-21(28)25-19-11-14(2)9-10-15(19)3/h5-11,13,23H,4H2,1-3H3,(H2,24,25,28)/b16-13-. The molecule has 2 rings (SSSR count). The largest absolute Gasteiger partial charge is 0.462 e. The van der Waals surface area contributed by atoms with Gasteiger partial charge < -0.3 is 20.7 Å². The molecule has 0 fully saturated rings. The number of esters is 1. The number of carbonyl (C=O) groups excluding carboxylic acids is 1. The van der Waals surface area contributed by atoms with Crippen molar-refractivity contribution in [2.45, 2.75) is 20.8 Å². The van der Waals surface area contributed by atoms with Crippen LogP contribution in [0.25, 0.3) is 0 Å². The molecule has 2 aromatic carbocycles. The highest BCUT2D eigenvalue weighted by molar-refractivity contribution is 7.80. The number of nitrogens with one attached hydrogen (secondary N) is 3. The number of aryl methyl sites for hydroxylation is 2. The summed E-state index contributed by atoms with van der Waals surface area (Å²) < 4.78 is 4.85. The molecule has 28 heavy (non-hydrogen) atoms. The predicted molar refractivity (Wildman–Crippen MR) is 116 cm³/mol. The number of anilines is 3. The molecule has 0 unspecified atom stereocenters. The van der Waals surface area contributed by atoms with E-state index in [1.165, 1.54) is 6.20 Å². The Morgan fingerprint density at radius 2 is 1.82 bits per heavy atom. The van der Waals surface area contributed by atoms with Gasteiger partial charge in [0.25, 0.3) is 0 Å². The fourth-order valence-electron chi connectivity index (χ4n) is 2.36. The van der Waals surface area contributed by atoms with Gasteiger partial charge in [-0.3, -0.25) is 0 Å². The topological polar surface area (TPSA) is 86.2 Å². The average molecular weight is 395 g/mol. The first-order valence-electron chi connectivity index (χ1n) is 8.72. The third-order valence-electron chi connectivity index (χ3n) is 3.80. The lowest BCUT2D eigenvalue weighted by Gasteiger charge is -2.15. The molecule has 0 radical (unpaired) electrons. The van der Waals surface area contributed by atoms with Crippen LogP contribution in [0.15, 0.2) is 54.2 Å². The Balaban J connectivity index is 2.13. The van der Waals surface area contributed by atoms with Crippen LogP contribution in [0, 0.1) is 25.2 Å². The average Bonchev–Trinajstić information content (AvgIpc) is 2.66. The Kier molecular flexibility index (Phi) is 7.55. The van der Waals surface area contributed by atoms with Crippen LogP contribution in [0.1, 0.15) is 18.1 Å². The molecule has 0 aromatic heterocycles. The minimum absolute atomic E-state index is 0.118. The van der Waals surface area contributed by atoms with Crippen LogP contribution >= 0.6 is 12.2 Å². The smallest absolute Gasteiger partial charge is 0.350 e. The first kappa shape index (κ1) is 20.9. The summed E-state index contributed by atoms with van der Waals surface area (Å²) in [5.74, 6) is -0.671. The molecule has 0 bridgehead atoms. The lowest BCUT2D eigenvalue weighted by atomic mass is 10.1. The van der Waals surface area contributed by atoms with Crippen LogP contribution in [0.2, 0.25) is 0 Å². The molecule has 2 aromatic rings. The fourth-order valence-corrected chi connectivity index (χ4v) is 2.58. The summed E-state index contributed by atoms with van der Waals surface area (Å²) in [6, 6.07) is 15.2. The highest BCUT2D eigenvalue weighted by atomic mass is 32.1. The van der Waals surface area contributed by atoms with Crippen LogP contribution in [0.3, 0.4) is 0 Å². The van der Waals surface area contributed by atoms with Crippen molar-refractivity contribution >= 4 is 40.4 Å². The van der Waals surface area contributed by atoms with Crippen LogP contribution in [0.4, 0.5) is 17.1 Å². The van der Waals surface area contributed by atoms with E-state index in [-0.39, 0.29) is 12.2 Å². The van der Waals surface area contributed by atoms with Crippen molar-refractivity contribution in [3.63, 3.8) is 0 Å². The lowest BCUT2D eigenvalue weighted by Crippen LogP contribution is -2.20. The molecule has 0 spiro atoms. The van der Waals surface area contributed by atoms with Gasteiger partial charge in [-0.05, 0) is 62.3 Å². The van der Waals surface area contributed by atoms with Gasteiger partial charge in [-0.1, -0.05) is 24.3 Å². The van der Waals surface area contributed by atoms with Crippen molar-refractivity contribution in [2.24, 2.45) is 0 Å². The molecular formula is C21H22N4O2S. The van der Waals surface area contributed by atoms with Gasteiger partial charge in [0.2, 0.25) is 0 Å². The molecular weight excluding hydrogens is 372 g/mol. The number of para-hydroxylation sites is 2. The summed E-state index contributed by atoms with van der Waals surface area (Å²) in [6.45, 7) is 5.91. The van der Waals surface area contributed by atoms with Gasteiger partial charge in [0.1, 0.15) is 6.07 Å². The van der Waals surface area contributed by atoms with Gasteiger partial charge in [-0.25, -0.2) is 4.79 Å². The second-order valence-electron chi connectivity index (χ2n) is 5.98. The number of carbonyl (C=O) groups is 1. The third-order valence-corrected chi connectivity index (χ3v) is 4.01. The van der Waals surface area contributed by atoms with E-state index in [4.69, 9.17) is 22.2 Å². The zero-order valence-corrected chi connectivity index (χ0v) is 16.8. The summed E-state index contributed by atoms with van der Waals surface area (Å²) in [7, 11) is 0. The summed E-state index contributed by atoms with van der Waals surface area (Å²) in [6.07, 6.45) is 1.32. The fraction of sp³-hybridized carbons (Fsp3) is 0.190. The lowest BCUT2D eigenvalue weighted by molar-refractivity contribution is -0.138. The zero-order chi connectivity index (χ0) is 20.5. The van der Waals surface area contributed by atoms with E-state index in [2.05, 4.69) is 16.0 Å². The number of rotatable bonds is 6. The van der Waals surface area contributed by atoms with Crippen molar-refractivity contribution in [3.05, 3.63) is 65.4 Å². The van der Waals surface area contributed by atoms with E-state index in [1.807, 2.05) is 56.3 Å². The summed E-state index contributed by atoms with van der Waals surface area (Å²) >= 11 is 5.42. The molecule has 144 valence electrons. The Morgan fingerprint density at radius 3 is 2.50 bits per heavy atom. The number of hydrogen-bond acceptors (Lipinski definition) is 5. The van der Waals surface area contributed by atoms with Gasteiger partial charge >= 0.3 is 5.97 Å². The molecule has 0 saturated carbocycles. The van der Waals surface area contributed by atoms with Crippen molar-refractivity contribution < 1.29 is 9.53 Å². The molecule has 0 heterocycles. The minimum Gasteiger partial charge on any atom is -0.462 e. The zero-order valence-electron chi connectivity index (χ0n) is 16.0. The van der Waals surface area contributed by atoms with Gasteiger partial charge in [0.15, 0.2) is 10.7 Å². The van der Waals surface area contributed by atoms with Crippen LogP contribution in [-0.4, -0.2) is 17.7 Å². The second kappa shape index (κ2) is 10.1. The molecule has 7 heteroatoms. The van der Waals surface area contributed by atoms with Gasteiger partial charge in [0, 0.05) is 11.9 Å². The summed E-state index contributed by atoms with van der Waals surface area (Å²) in [5.41, 5.74) is 4.38. The Morgan fingerprint density at radius 1 is 1.14 bits per heavy atom. The maximum absolute atomic E-state index is 11.7. The number of benzene rings is 2. The normalized spacial score (nSPS) is 10.6. The van der Waals surface area contributed by atoms with Crippen molar-refractivity contribution in [1.82, 2.24) is 0 Å². The summed E-state index contributed by atoms with van der Waals surface area (Å²) in [5, 5.41) is 18.8. The van der Waals surface area contributed by atoms with Crippen LogP contribution < -0.4 is 16.0 Å². The molecule has 0 aliphatic rings.